The number of aryl methyl sites for hydroxylation is 2. The van der Waals surface area contributed by atoms with Crippen LogP contribution in [0.4, 0.5) is 5.69 Å². The summed E-state index contributed by atoms with van der Waals surface area (Å²) in [6.45, 7) is 4.40. The van der Waals surface area contributed by atoms with Gasteiger partial charge in [-0.05, 0) is 44.2 Å². The summed E-state index contributed by atoms with van der Waals surface area (Å²) in [6.07, 6.45) is 0. The summed E-state index contributed by atoms with van der Waals surface area (Å²) in [7, 11) is -1.51. The Kier molecular flexibility index (Phi) is 4.32. The first kappa shape index (κ1) is 13.0. The quantitative estimate of drug-likeness (QED) is 0.817. The second-order valence-corrected chi connectivity index (χ2v) is 5.67. The molecule has 0 aromatic heterocycles. The van der Waals surface area contributed by atoms with Crippen molar-refractivity contribution >= 4 is 15.7 Å². The molecule has 0 aliphatic heterocycles. The zero-order valence-electron chi connectivity index (χ0n) is 9.87. The van der Waals surface area contributed by atoms with E-state index in [4.69, 9.17) is 0 Å². The molecule has 0 bridgehead atoms. The van der Waals surface area contributed by atoms with Crippen molar-refractivity contribution in [1.82, 2.24) is 5.32 Å². The van der Waals surface area contributed by atoms with Crippen LogP contribution in [0.3, 0.4) is 0 Å². The number of nitrogens with one attached hydrogen (secondary N) is 2. The van der Waals surface area contributed by atoms with E-state index in [1.165, 1.54) is 0 Å². The first-order chi connectivity index (χ1) is 7.44. The maximum absolute atomic E-state index is 11.6. The number of benzene rings is 1. The van der Waals surface area contributed by atoms with Crippen LogP contribution in [-0.4, -0.2) is 27.8 Å². The van der Waals surface area contributed by atoms with E-state index in [9.17, 15) is 8.42 Å². The Balaban J connectivity index is 2.76. The van der Waals surface area contributed by atoms with Gasteiger partial charge in [-0.1, -0.05) is 6.07 Å². The van der Waals surface area contributed by atoms with E-state index in [0.717, 1.165) is 11.1 Å². The summed E-state index contributed by atoms with van der Waals surface area (Å²) in [6, 6.07) is 5.52. The lowest BCUT2D eigenvalue weighted by molar-refractivity contribution is 0.599. The van der Waals surface area contributed by atoms with Gasteiger partial charge in [-0.2, -0.15) is 0 Å². The van der Waals surface area contributed by atoms with Crippen molar-refractivity contribution in [2.45, 2.75) is 13.8 Å². The van der Waals surface area contributed by atoms with Crippen molar-refractivity contribution in [3.8, 4) is 0 Å². The van der Waals surface area contributed by atoms with Crippen molar-refractivity contribution in [3.63, 3.8) is 0 Å². The van der Waals surface area contributed by atoms with Crippen molar-refractivity contribution in [2.24, 2.45) is 0 Å². The Hall–Kier alpha value is -1.07. The molecule has 0 amide bonds. The maximum atomic E-state index is 11.6. The molecule has 5 heteroatoms. The van der Waals surface area contributed by atoms with Gasteiger partial charge in [-0.15, -0.1) is 0 Å². The first-order valence-electron chi connectivity index (χ1n) is 5.17. The van der Waals surface area contributed by atoms with Gasteiger partial charge in [0, 0.05) is 12.2 Å². The maximum Gasteiger partial charge on any atom is 0.233 e. The largest absolute Gasteiger partial charge is 0.319 e. The Morgan fingerprint density at radius 2 is 1.88 bits per heavy atom. The van der Waals surface area contributed by atoms with E-state index in [0.29, 0.717) is 12.2 Å². The average molecular weight is 242 g/mol. The second-order valence-electron chi connectivity index (χ2n) is 3.82. The van der Waals surface area contributed by atoms with Crippen LogP contribution in [0, 0.1) is 13.8 Å². The minimum atomic E-state index is -3.24. The Labute approximate surface area is 97.1 Å². The van der Waals surface area contributed by atoms with Crippen molar-refractivity contribution in [2.75, 3.05) is 24.1 Å². The second kappa shape index (κ2) is 5.32. The van der Waals surface area contributed by atoms with Gasteiger partial charge in [0.1, 0.15) is 0 Å². The van der Waals surface area contributed by atoms with Gasteiger partial charge in [0.25, 0.3) is 0 Å². The highest BCUT2D eigenvalue weighted by atomic mass is 32.2. The van der Waals surface area contributed by atoms with Gasteiger partial charge < -0.3 is 5.32 Å². The van der Waals surface area contributed by atoms with Gasteiger partial charge >= 0.3 is 0 Å². The fraction of sp³-hybridized carbons (Fsp3) is 0.455. The van der Waals surface area contributed by atoms with Crippen LogP contribution in [0.25, 0.3) is 0 Å². The third kappa shape index (κ3) is 3.83. The molecule has 0 spiro atoms. The molecule has 1 aromatic carbocycles. The van der Waals surface area contributed by atoms with Gasteiger partial charge in [-0.3, -0.25) is 4.72 Å². The molecule has 0 radical (unpaired) electrons. The molecule has 1 aromatic rings. The molecular formula is C11H18N2O2S. The SMILES string of the molecule is CNCCS(=O)(=O)Nc1ccc(C)c(C)c1. The zero-order valence-corrected chi connectivity index (χ0v) is 10.7. The topological polar surface area (TPSA) is 58.2 Å². The number of rotatable bonds is 5. The van der Waals surface area contributed by atoms with Crippen LogP contribution in [0.2, 0.25) is 0 Å². The molecule has 90 valence electrons. The normalized spacial score (nSPS) is 11.4. The van der Waals surface area contributed by atoms with E-state index in [2.05, 4.69) is 10.0 Å². The molecule has 0 unspecified atom stereocenters. The van der Waals surface area contributed by atoms with Gasteiger partial charge in [0.2, 0.25) is 10.0 Å². The lowest BCUT2D eigenvalue weighted by atomic mass is 10.1. The number of sulfonamides is 1. The van der Waals surface area contributed by atoms with Crippen molar-refractivity contribution < 1.29 is 8.42 Å². The highest BCUT2D eigenvalue weighted by Gasteiger charge is 2.09. The third-order valence-electron chi connectivity index (χ3n) is 2.40. The standard InChI is InChI=1S/C11H18N2O2S/c1-9-4-5-11(8-10(9)2)13-16(14,15)7-6-12-3/h4-5,8,12-13H,6-7H2,1-3H3. The summed E-state index contributed by atoms with van der Waals surface area (Å²) in [4.78, 5) is 0. The molecule has 0 aliphatic carbocycles. The Bertz CT molecular complexity index is 455. The molecular weight excluding hydrogens is 224 g/mol. The van der Waals surface area contributed by atoms with E-state index < -0.39 is 10.0 Å². The zero-order chi connectivity index (χ0) is 12.2. The summed E-state index contributed by atoms with van der Waals surface area (Å²) < 4.78 is 25.8. The van der Waals surface area contributed by atoms with Crippen LogP contribution in [0.1, 0.15) is 11.1 Å². The monoisotopic (exact) mass is 242 g/mol. The molecule has 16 heavy (non-hydrogen) atoms. The molecule has 0 aliphatic rings. The minimum absolute atomic E-state index is 0.0798. The summed E-state index contributed by atoms with van der Waals surface area (Å²) >= 11 is 0. The van der Waals surface area contributed by atoms with Crippen LogP contribution >= 0.6 is 0 Å². The van der Waals surface area contributed by atoms with E-state index in [-0.39, 0.29) is 5.75 Å². The highest BCUT2D eigenvalue weighted by Crippen LogP contribution is 2.15. The fourth-order valence-corrected chi connectivity index (χ4v) is 2.33. The summed E-state index contributed by atoms with van der Waals surface area (Å²) in [5.41, 5.74) is 2.85. The Morgan fingerprint density at radius 3 is 2.44 bits per heavy atom. The molecule has 0 heterocycles. The van der Waals surface area contributed by atoms with Crippen LogP contribution in [0.15, 0.2) is 18.2 Å². The predicted octanol–water partition coefficient (Wildman–Crippen LogP) is 1.26. The third-order valence-corrected chi connectivity index (χ3v) is 3.69. The van der Waals surface area contributed by atoms with Crippen molar-refractivity contribution in [3.05, 3.63) is 29.3 Å². The highest BCUT2D eigenvalue weighted by molar-refractivity contribution is 7.92. The number of hydrogen-bond acceptors (Lipinski definition) is 3. The molecule has 0 saturated heterocycles. The van der Waals surface area contributed by atoms with Gasteiger partial charge in [-0.25, -0.2) is 8.42 Å². The lowest BCUT2D eigenvalue weighted by Crippen LogP contribution is -2.24. The minimum Gasteiger partial charge on any atom is -0.319 e. The van der Waals surface area contributed by atoms with Crippen LogP contribution in [-0.2, 0) is 10.0 Å². The first-order valence-corrected chi connectivity index (χ1v) is 6.82. The summed E-state index contributed by atoms with van der Waals surface area (Å²) in [5, 5.41) is 2.81. The van der Waals surface area contributed by atoms with Crippen LogP contribution < -0.4 is 10.0 Å². The molecule has 2 N–H and O–H groups in total. The van der Waals surface area contributed by atoms with E-state index in [1.807, 2.05) is 26.0 Å². The predicted molar refractivity (Wildman–Crippen MR) is 67.3 cm³/mol. The van der Waals surface area contributed by atoms with E-state index >= 15 is 0 Å². The van der Waals surface area contributed by atoms with Crippen LogP contribution in [0.5, 0.6) is 0 Å². The number of anilines is 1. The van der Waals surface area contributed by atoms with E-state index in [1.54, 1.807) is 13.1 Å². The molecule has 1 rings (SSSR count). The average Bonchev–Trinajstić information content (AvgIpc) is 2.20. The smallest absolute Gasteiger partial charge is 0.233 e. The van der Waals surface area contributed by atoms with Gasteiger partial charge in [0.05, 0.1) is 5.75 Å². The molecule has 4 nitrogen and oxygen atoms in total. The molecule has 0 fully saturated rings. The molecule has 0 atom stereocenters. The van der Waals surface area contributed by atoms with Crippen molar-refractivity contribution in [1.29, 1.82) is 0 Å². The fourth-order valence-electron chi connectivity index (χ4n) is 1.27. The number of hydrogen-bond donors (Lipinski definition) is 2. The molecule has 0 saturated carbocycles. The Morgan fingerprint density at radius 1 is 1.19 bits per heavy atom. The van der Waals surface area contributed by atoms with Gasteiger partial charge in [0.15, 0.2) is 0 Å². The summed E-state index contributed by atoms with van der Waals surface area (Å²) in [5.74, 6) is 0.0798. The lowest BCUT2D eigenvalue weighted by Gasteiger charge is -2.09.